The molecule has 1 nitrogen and oxygen atoms in total. The summed E-state index contributed by atoms with van der Waals surface area (Å²) in [5.41, 5.74) is -0.270. The molecule has 0 atom stereocenters. The van der Waals surface area contributed by atoms with Crippen molar-refractivity contribution in [3.05, 3.63) is 0 Å². The minimum atomic E-state index is -0.270. The molecule has 0 spiro atoms. The fraction of sp³-hybridized carbons (Fsp3) is 1.00. The number of hydrogen-bond donors (Lipinski definition) is 1. The molecule has 0 amide bonds. The van der Waals surface area contributed by atoms with Crippen molar-refractivity contribution in [2.24, 2.45) is 11.8 Å². The maximum absolute atomic E-state index is 9.89. The molecule has 0 heterocycles. The van der Waals surface area contributed by atoms with Gasteiger partial charge in [-0.1, -0.05) is 33.6 Å². The van der Waals surface area contributed by atoms with E-state index in [0.717, 1.165) is 31.1 Å². The predicted octanol–water partition coefficient (Wildman–Crippen LogP) is 2.97. The van der Waals surface area contributed by atoms with Crippen LogP contribution in [-0.4, -0.2) is 10.7 Å². The van der Waals surface area contributed by atoms with E-state index in [0.29, 0.717) is 0 Å². The standard InChI is InChI=1S/C11H22O/c1-9(2)5-4-6-11(12)7-10(3)8-11/h9-10,12H,4-8H2,1-3H3. The molecule has 0 unspecified atom stereocenters. The molecule has 1 rings (SSSR count). The van der Waals surface area contributed by atoms with E-state index in [-0.39, 0.29) is 5.60 Å². The van der Waals surface area contributed by atoms with Gasteiger partial charge in [-0.05, 0) is 31.1 Å². The molecule has 0 aromatic rings. The van der Waals surface area contributed by atoms with Crippen LogP contribution in [0.15, 0.2) is 0 Å². The molecule has 0 aromatic heterocycles. The summed E-state index contributed by atoms with van der Waals surface area (Å²) in [5.74, 6) is 1.54. The summed E-state index contributed by atoms with van der Waals surface area (Å²) in [6.45, 7) is 6.71. The highest BCUT2D eigenvalue weighted by Gasteiger charge is 2.39. The maximum atomic E-state index is 9.89. The first-order valence-corrected chi connectivity index (χ1v) is 5.24. The lowest BCUT2D eigenvalue weighted by molar-refractivity contribution is -0.0754. The molecule has 0 radical (unpaired) electrons. The van der Waals surface area contributed by atoms with E-state index in [1.165, 1.54) is 12.8 Å². The van der Waals surface area contributed by atoms with Crippen molar-refractivity contribution in [2.45, 2.75) is 58.5 Å². The normalized spacial score (nSPS) is 35.2. The Morgan fingerprint density at radius 3 is 2.42 bits per heavy atom. The number of hydrogen-bond acceptors (Lipinski definition) is 1. The average Bonchev–Trinajstić information content (AvgIpc) is 1.83. The molecule has 0 aliphatic heterocycles. The summed E-state index contributed by atoms with van der Waals surface area (Å²) in [4.78, 5) is 0. The zero-order chi connectivity index (χ0) is 9.19. The van der Waals surface area contributed by atoms with Crippen LogP contribution in [0.2, 0.25) is 0 Å². The van der Waals surface area contributed by atoms with Crippen LogP contribution < -0.4 is 0 Å². The molecule has 1 heteroatoms. The molecule has 1 fully saturated rings. The molecule has 0 saturated heterocycles. The van der Waals surface area contributed by atoms with Crippen LogP contribution in [-0.2, 0) is 0 Å². The lowest BCUT2D eigenvalue weighted by Gasteiger charge is -2.42. The van der Waals surface area contributed by atoms with Gasteiger partial charge in [0.1, 0.15) is 0 Å². The fourth-order valence-electron chi connectivity index (χ4n) is 2.28. The van der Waals surface area contributed by atoms with E-state index in [4.69, 9.17) is 0 Å². The van der Waals surface area contributed by atoms with Crippen LogP contribution in [0.4, 0.5) is 0 Å². The summed E-state index contributed by atoms with van der Waals surface area (Å²) in [5, 5.41) is 9.89. The monoisotopic (exact) mass is 170 g/mol. The summed E-state index contributed by atoms with van der Waals surface area (Å²) < 4.78 is 0. The Morgan fingerprint density at radius 1 is 1.42 bits per heavy atom. The average molecular weight is 170 g/mol. The van der Waals surface area contributed by atoms with E-state index >= 15 is 0 Å². The Kier molecular flexibility index (Phi) is 3.16. The Bertz CT molecular complexity index is 134. The second kappa shape index (κ2) is 3.78. The Labute approximate surface area is 76.2 Å². The Morgan fingerprint density at radius 2 is 2.00 bits per heavy atom. The Hall–Kier alpha value is -0.0400. The third-order valence-electron chi connectivity index (χ3n) is 2.88. The van der Waals surface area contributed by atoms with Crippen molar-refractivity contribution in [1.82, 2.24) is 0 Å². The molecule has 1 saturated carbocycles. The van der Waals surface area contributed by atoms with Crippen LogP contribution >= 0.6 is 0 Å². The first-order chi connectivity index (χ1) is 5.52. The van der Waals surface area contributed by atoms with Gasteiger partial charge in [-0.3, -0.25) is 0 Å². The predicted molar refractivity (Wildman–Crippen MR) is 52.0 cm³/mol. The van der Waals surface area contributed by atoms with Gasteiger partial charge in [-0.15, -0.1) is 0 Å². The summed E-state index contributed by atoms with van der Waals surface area (Å²) in [7, 11) is 0. The topological polar surface area (TPSA) is 20.2 Å². The van der Waals surface area contributed by atoms with Gasteiger partial charge in [-0.25, -0.2) is 0 Å². The van der Waals surface area contributed by atoms with Gasteiger partial charge in [0.15, 0.2) is 0 Å². The van der Waals surface area contributed by atoms with Gasteiger partial charge >= 0.3 is 0 Å². The third kappa shape index (κ3) is 2.78. The second-order valence-electron chi connectivity index (χ2n) is 5.02. The van der Waals surface area contributed by atoms with Gasteiger partial charge in [0, 0.05) is 0 Å². The van der Waals surface area contributed by atoms with Crippen LogP contribution in [0.5, 0.6) is 0 Å². The molecule has 0 aromatic carbocycles. The van der Waals surface area contributed by atoms with Crippen molar-refractivity contribution in [1.29, 1.82) is 0 Å². The van der Waals surface area contributed by atoms with Crippen LogP contribution in [0.25, 0.3) is 0 Å². The van der Waals surface area contributed by atoms with E-state index in [1.54, 1.807) is 0 Å². The first kappa shape index (κ1) is 10.0. The lowest BCUT2D eigenvalue weighted by Crippen LogP contribution is -2.42. The van der Waals surface area contributed by atoms with E-state index in [9.17, 15) is 5.11 Å². The zero-order valence-electron chi connectivity index (χ0n) is 8.64. The largest absolute Gasteiger partial charge is 0.390 e. The maximum Gasteiger partial charge on any atom is 0.0653 e. The zero-order valence-corrected chi connectivity index (χ0v) is 8.64. The molecule has 1 aliphatic rings. The quantitative estimate of drug-likeness (QED) is 0.687. The third-order valence-corrected chi connectivity index (χ3v) is 2.88. The van der Waals surface area contributed by atoms with Crippen molar-refractivity contribution < 1.29 is 5.11 Å². The van der Waals surface area contributed by atoms with Gasteiger partial charge in [0.2, 0.25) is 0 Å². The first-order valence-electron chi connectivity index (χ1n) is 5.24. The van der Waals surface area contributed by atoms with Gasteiger partial charge in [0.25, 0.3) is 0 Å². The van der Waals surface area contributed by atoms with Crippen molar-refractivity contribution in [2.75, 3.05) is 0 Å². The smallest absolute Gasteiger partial charge is 0.0653 e. The molecule has 72 valence electrons. The SMILES string of the molecule is CC(C)CCCC1(O)CC(C)C1. The highest BCUT2D eigenvalue weighted by molar-refractivity contribution is 4.91. The number of aliphatic hydroxyl groups is 1. The van der Waals surface area contributed by atoms with E-state index in [2.05, 4.69) is 20.8 Å². The van der Waals surface area contributed by atoms with Crippen LogP contribution in [0, 0.1) is 11.8 Å². The Balaban J connectivity index is 2.07. The molecule has 12 heavy (non-hydrogen) atoms. The fourth-order valence-corrected chi connectivity index (χ4v) is 2.28. The molecular weight excluding hydrogens is 148 g/mol. The number of rotatable bonds is 4. The molecule has 1 aliphatic carbocycles. The summed E-state index contributed by atoms with van der Waals surface area (Å²) >= 11 is 0. The van der Waals surface area contributed by atoms with Crippen molar-refractivity contribution in [3.63, 3.8) is 0 Å². The van der Waals surface area contributed by atoms with Crippen molar-refractivity contribution in [3.8, 4) is 0 Å². The van der Waals surface area contributed by atoms with Crippen LogP contribution in [0.1, 0.15) is 52.9 Å². The van der Waals surface area contributed by atoms with E-state index < -0.39 is 0 Å². The second-order valence-corrected chi connectivity index (χ2v) is 5.02. The summed E-state index contributed by atoms with van der Waals surface area (Å²) in [6.07, 6.45) is 5.54. The minimum Gasteiger partial charge on any atom is -0.390 e. The van der Waals surface area contributed by atoms with Gasteiger partial charge in [-0.2, -0.15) is 0 Å². The lowest BCUT2D eigenvalue weighted by atomic mass is 9.69. The van der Waals surface area contributed by atoms with Crippen molar-refractivity contribution >= 4 is 0 Å². The minimum absolute atomic E-state index is 0.270. The molecule has 0 bridgehead atoms. The summed E-state index contributed by atoms with van der Waals surface area (Å²) in [6, 6.07) is 0. The van der Waals surface area contributed by atoms with Gasteiger partial charge < -0.3 is 5.11 Å². The molecule has 1 N–H and O–H groups in total. The highest BCUT2D eigenvalue weighted by Crippen LogP contribution is 2.40. The van der Waals surface area contributed by atoms with Gasteiger partial charge in [0.05, 0.1) is 5.60 Å². The van der Waals surface area contributed by atoms with Crippen LogP contribution in [0.3, 0.4) is 0 Å². The van der Waals surface area contributed by atoms with E-state index in [1.807, 2.05) is 0 Å². The molecular formula is C11H22O. The highest BCUT2D eigenvalue weighted by atomic mass is 16.3.